The van der Waals surface area contributed by atoms with Gasteiger partial charge in [0.1, 0.15) is 10.0 Å². The van der Waals surface area contributed by atoms with Crippen molar-refractivity contribution in [3.63, 3.8) is 0 Å². The van der Waals surface area contributed by atoms with Crippen LogP contribution in [0.5, 0.6) is 0 Å². The largest absolute Gasteiger partial charge is 0.259 e. The van der Waals surface area contributed by atoms with E-state index in [0.717, 1.165) is 10.8 Å². The molecule has 0 aliphatic heterocycles. The number of hydrogen-bond donors (Lipinski definition) is 0. The molecule has 0 spiro atoms. The fourth-order valence-electron chi connectivity index (χ4n) is 0.921. The number of unbranched alkanes of at least 4 members (excludes halogenated alkanes) is 1. The van der Waals surface area contributed by atoms with Crippen molar-refractivity contribution in [3.05, 3.63) is 10.2 Å². The van der Waals surface area contributed by atoms with Crippen molar-refractivity contribution >= 4 is 35.0 Å². The topological polar surface area (TPSA) is 17.8 Å². The Morgan fingerprint density at radius 3 is 2.62 bits per heavy atom. The second-order valence-electron chi connectivity index (χ2n) is 2.74. The summed E-state index contributed by atoms with van der Waals surface area (Å²) in [5.74, 6) is 1.06. The Labute approximate surface area is 92.6 Å². The highest BCUT2D eigenvalue weighted by Gasteiger charge is 2.12. The SMILES string of the molecule is CCCCSc1c(Cl)c(Cl)nn1C. The molecule has 0 saturated carbocycles. The van der Waals surface area contributed by atoms with Crippen LogP contribution in [0.1, 0.15) is 19.8 Å². The Balaban J connectivity index is 2.64. The molecule has 0 radical (unpaired) electrons. The van der Waals surface area contributed by atoms with Crippen LogP contribution in [0.4, 0.5) is 0 Å². The lowest BCUT2D eigenvalue weighted by Crippen LogP contribution is -1.92. The van der Waals surface area contributed by atoms with Crippen molar-refractivity contribution in [1.29, 1.82) is 0 Å². The number of hydrogen-bond acceptors (Lipinski definition) is 2. The van der Waals surface area contributed by atoms with Crippen LogP contribution >= 0.6 is 35.0 Å². The Bertz CT molecular complexity index is 286. The molecule has 0 aromatic carbocycles. The molecule has 0 saturated heterocycles. The minimum absolute atomic E-state index is 0.392. The van der Waals surface area contributed by atoms with Gasteiger partial charge in [0, 0.05) is 7.05 Å². The van der Waals surface area contributed by atoms with E-state index >= 15 is 0 Å². The zero-order valence-electron chi connectivity index (χ0n) is 7.68. The van der Waals surface area contributed by atoms with Gasteiger partial charge in [0.2, 0.25) is 0 Å². The Hall–Kier alpha value is 0.140. The maximum Gasteiger partial charge on any atom is 0.170 e. The van der Waals surface area contributed by atoms with Gasteiger partial charge in [-0.3, -0.25) is 4.68 Å². The van der Waals surface area contributed by atoms with E-state index in [9.17, 15) is 0 Å². The van der Waals surface area contributed by atoms with Gasteiger partial charge in [0.15, 0.2) is 5.15 Å². The first-order valence-electron chi connectivity index (χ1n) is 4.17. The van der Waals surface area contributed by atoms with Crippen molar-refractivity contribution in [3.8, 4) is 0 Å². The minimum Gasteiger partial charge on any atom is -0.259 e. The standard InChI is InChI=1S/C8H12Cl2N2S/c1-3-4-5-13-8-6(9)7(10)11-12(8)2/h3-5H2,1-2H3. The average molecular weight is 239 g/mol. The molecule has 0 amide bonds. The lowest BCUT2D eigenvalue weighted by atomic mass is 10.4. The summed E-state index contributed by atoms with van der Waals surface area (Å²) in [5.41, 5.74) is 0. The summed E-state index contributed by atoms with van der Waals surface area (Å²) in [4.78, 5) is 0. The summed E-state index contributed by atoms with van der Waals surface area (Å²) in [6.07, 6.45) is 2.37. The molecule has 0 atom stereocenters. The first kappa shape index (κ1) is 11.2. The summed E-state index contributed by atoms with van der Waals surface area (Å²) in [7, 11) is 1.85. The van der Waals surface area contributed by atoms with Crippen molar-refractivity contribution in [2.24, 2.45) is 7.05 Å². The Morgan fingerprint density at radius 2 is 2.15 bits per heavy atom. The van der Waals surface area contributed by atoms with Crippen LogP contribution in [0.25, 0.3) is 0 Å². The normalized spacial score (nSPS) is 10.8. The zero-order chi connectivity index (χ0) is 9.84. The van der Waals surface area contributed by atoms with Gasteiger partial charge in [-0.1, -0.05) is 36.5 Å². The van der Waals surface area contributed by atoms with E-state index in [1.165, 1.54) is 12.8 Å². The molecular weight excluding hydrogens is 227 g/mol. The molecule has 0 bridgehead atoms. The van der Waals surface area contributed by atoms with Gasteiger partial charge in [-0.2, -0.15) is 5.10 Å². The Morgan fingerprint density at radius 1 is 1.46 bits per heavy atom. The average Bonchev–Trinajstić information content (AvgIpc) is 2.32. The summed E-state index contributed by atoms with van der Waals surface area (Å²) in [6, 6.07) is 0. The maximum atomic E-state index is 5.96. The second-order valence-corrected chi connectivity index (χ2v) is 4.56. The fraction of sp³-hybridized carbons (Fsp3) is 0.625. The zero-order valence-corrected chi connectivity index (χ0v) is 10.0. The quantitative estimate of drug-likeness (QED) is 0.590. The van der Waals surface area contributed by atoms with Crippen LogP contribution in [0.15, 0.2) is 5.03 Å². The molecule has 1 heterocycles. The van der Waals surface area contributed by atoms with E-state index in [2.05, 4.69) is 12.0 Å². The summed E-state index contributed by atoms with van der Waals surface area (Å²) < 4.78 is 1.73. The molecule has 0 fully saturated rings. The number of aryl methyl sites for hydroxylation is 1. The minimum atomic E-state index is 0.392. The van der Waals surface area contributed by atoms with E-state index in [0.29, 0.717) is 10.2 Å². The molecule has 1 aromatic heterocycles. The summed E-state index contributed by atoms with van der Waals surface area (Å²) >= 11 is 13.4. The molecule has 13 heavy (non-hydrogen) atoms. The van der Waals surface area contributed by atoms with Gasteiger partial charge >= 0.3 is 0 Å². The number of halogens is 2. The number of rotatable bonds is 4. The van der Waals surface area contributed by atoms with E-state index in [1.807, 2.05) is 7.05 Å². The third-order valence-corrected chi connectivity index (χ3v) is 3.70. The number of nitrogens with zero attached hydrogens (tertiary/aromatic N) is 2. The molecule has 0 aliphatic carbocycles. The van der Waals surface area contributed by atoms with Crippen molar-refractivity contribution in [2.75, 3.05) is 5.75 Å². The van der Waals surface area contributed by atoms with Gasteiger partial charge in [0.25, 0.3) is 0 Å². The molecule has 1 rings (SSSR count). The predicted molar refractivity (Wildman–Crippen MR) is 58.9 cm³/mol. The lowest BCUT2D eigenvalue weighted by Gasteiger charge is -2.00. The maximum absolute atomic E-state index is 5.96. The van der Waals surface area contributed by atoms with Gasteiger partial charge in [-0.25, -0.2) is 0 Å². The molecule has 0 N–H and O–H groups in total. The third kappa shape index (κ3) is 2.79. The predicted octanol–water partition coefficient (Wildman–Crippen LogP) is 3.62. The number of aromatic nitrogens is 2. The molecule has 0 unspecified atom stereocenters. The first-order chi connectivity index (χ1) is 6.16. The van der Waals surface area contributed by atoms with Crippen molar-refractivity contribution < 1.29 is 0 Å². The third-order valence-electron chi connectivity index (χ3n) is 1.64. The van der Waals surface area contributed by atoms with Crippen molar-refractivity contribution in [1.82, 2.24) is 9.78 Å². The van der Waals surface area contributed by atoms with E-state index in [4.69, 9.17) is 23.2 Å². The monoisotopic (exact) mass is 238 g/mol. The highest BCUT2D eigenvalue weighted by molar-refractivity contribution is 7.99. The molecule has 74 valence electrons. The molecule has 2 nitrogen and oxygen atoms in total. The summed E-state index contributed by atoms with van der Waals surface area (Å²) in [5, 5.41) is 5.94. The molecule has 0 aliphatic rings. The van der Waals surface area contributed by atoms with Crippen LogP contribution < -0.4 is 0 Å². The van der Waals surface area contributed by atoms with E-state index < -0.39 is 0 Å². The molecule has 1 aromatic rings. The van der Waals surface area contributed by atoms with Gasteiger partial charge in [-0.15, -0.1) is 11.8 Å². The highest BCUT2D eigenvalue weighted by Crippen LogP contribution is 2.32. The van der Waals surface area contributed by atoms with E-state index in [1.54, 1.807) is 16.4 Å². The van der Waals surface area contributed by atoms with E-state index in [-0.39, 0.29) is 0 Å². The Kier molecular flexibility index (Phi) is 4.42. The highest BCUT2D eigenvalue weighted by atomic mass is 35.5. The van der Waals surface area contributed by atoms with Crippen LogP contribution in [-0.2, 0) is 7.05 Å². The fourth-order valence-corrected chi connectivity index (χ4v) is 2.58. The van der Waals surface area contributed by atoms with Crippen LogP contribution in [0, 0.1) is 0 Å². The van der Waals surface area contributed by atoms with Crippen molar-refractivity contribution in [2.45, 2.75) is 24.8 Å². The van der Waals surface area contributed by atoms with Gasteiger partial charge < -0.3 is 0 Å². The molecular formula is C8H12Cl2N2S. The molecule has 5 heteroatoms. The number of thioether (sulfide) groups is 1. The lowest BCUT2D eigenvalue weighted by molar-refractivity contribution is 0.698. The van der Waals surface area contributed by atoms with Gasteiger partial charge in [0.05, 0.1) is 0 Å². The van der Waals surface area contributed by atoms with Crippen LogP contribution in [-0.4, -0.2) is 15.5 Å². The second kappa shape index (κ2) is 5.13. The van der Waals surface area contributed by atoms with Gasteiger partial charge in [-0.05, 0) is 12.2 Å². The van der Waals surface area contributed by atoms with Crippen LogP contribution in [0.3, 0.4) is 0 Å². The summed E-state index contributed by atoms with van der Waals surface area (Å²) in [6.45, 7) is 2.17. The van der Waals surface area contributed by atoms with Crippen LogP contribution in [0.2, 0.25) is 10.2 Å². The first-order valence-corrected chi connectivity index (χ1v) is 5.91. The smallest absolute Gasteiger partial charge is 0.170 e.